The number of hydrogen-bond donors (Lipinski definition) is 0. The topological polar surface area (TPSA) is 40.6 Å². The molecule has 1 saturated heterocycles. The SMILES string of the molecule is Cc1c(CCl)cccc1S(=O)(=O)N(C)CC1CCCN1C. The molecule has 1 heterocycles. The Hall–Kier alpha value is -0.620. The third-order valence-corrected chi connectivity index (χ3v) is 6.62. The fourth-order valence-corrected chi connectivity index (χ4v) is 4.62. The molecule has 0 aromatic heterocycles. The molecule has 0 N–H and O–H groups in total. The lowest BCUT2D eigenvalue weighted by atomic mass is 10.1. The summed E-state index contributed by atoms with van der Waals surface area (Å²) in [5.74, 6) is 0.324. The number of alkyl halides is 1. The zero-order chi connectivity index (χ0) is 15.6. The van der Waals surface area contributed by atoms with Gasteiger partial charge in [0.15, 0.2) is 0 Å². The summed E-state index contributed by atoms with van der Waals surface area (Å²) in [7, 11) is 0.249. The number of likely N-dealkylation sites (tertiary alicyclic amines) is 1. The van der Waals surface area contributed by atoms with Crippen LogP contribution in [-0.2, 0) is 15.9 Å². The van der Waals surface area contributed by atoms with Crippen molar-refractivity contribution in [3.63, 3.8) is 0 Å². The first kappa shape index (κ1) is 16.7. The standard InChI is InChI=1S/C15H23ClN2O2S/c1-12-13(10-16)6-4-8-15(12)21(19,20)18(3)11-14-7-5-9-17(14)2/h4,6,8,14H,5,7,9-11H2,1-3H3. The van der Waals surface area contributed by atoms with Crippen molar-refractivity contribution in [3.05, 3.63) is 29.3 Å². The summed E-state index contributed by atoms with van der Waals surface area (Å²) < 4.78 is 27.0. The first-order valence-electron chi connectivity index (χ1n) is 7.19. The van der Waals surface area contributed by atoms with Gasteiger partial charge in [0.2, 0.25) is 10.0 Å². The lowest BCUT2D eigenvalue weighted by Crippen LogP contribution is -2.39. The monoisotopic (exact) mass is 330 g/mol. The van der Waals surface area contributed by atoms with E-state index in [1.807, 2.05) is 13.0 Å². The Bertz CT molecular complexity index is 604. The van der Waals surface area contributed by atoms with Gasteiger partial charge in [0.05, 0.1) is 4.90 Å². The number of likely N-dealkylation sites (N-methyl/N-ethyl adjacent to an activating group) is 2. The third kappa shape index (κ3) is 3.42. The second-order valence-electron chi connectivity index (χ2n) is 5.74. The van der Waals surface area contributed by atoms with Crippen molar-refractivity contribution in [3.8, 4) is 0 Å². The highest BCUT2D eigenvalue weighted by Crippen LogP contribution is 2.24. The van der Waals surface area contributed by atoms with Crippen LogP contribution in [-0.4, -0.2) is 50.8 Å². The van der Waals surface area contributed by atoms with Crippen molar-refractivity contribution < 1.29 is 8.42 Å². The number of rotatable bonds is 5. The van der Waals surface area contributed by atoms with E-state index in [0.29, 0.717) is 23.4 Å². The average Bonchev–Trinajstić information content (AvgIpc) is 2.84. The molecular weight excluding hydrogens is 308 g/mol. The van der Waals surface area contributed by atoms with Crippen LogP contribution in [0, 0.1) is 6.92 Å². The summed E-state index contributed by atoms with van der Waals surface area (Å²) in [5, 5.41) is 0. The van der Waals surface area contributed by atoms with Crippen LogP contribution in [0.5, 0.6) is 0 Å². The fourth-order valence-electron chi connectivity index (χ4n) is 2.86. The van der Waals surface area contributed by atoms with E-state index in [1.54, 1.807) is 19.2 Å². The molecule has 4 nitrogen and oxygen atoms in total. The van der Waals surface area contributed by atoms with Crippen molar-refractivity contribution in [2.75, 3.05) is 27.2 Å². The van der Waals surface area contributed by atoms with E-state index < -0.39 is 10.0 Å². The molecule has 1 aromatic rings. The van der Waals surface area contributed by atoms with Crippen LogP contribution in [0.1, 0.15) is 24.0 Å². The van der Waals surface area contributed by atoms with E-state index in [2.05, 4.69) is 11.9 Å². The van der Waals surface area contributed by atoms with Gasteiger partial charge in [-0.3, -0.25) is 0 Å². The molecule has 2 rings (SSSR count). The summed E-state index contributed by atoms with van der Waals surface area (Å²) in [6.45, 7) is 3.39. The third-order valence-electron chi connectivity index (χ3n) is 4.37. The van der Waals surface area contributed by atoms with E-state index in [9.17, 15) is 8.42 Å². The Morgan fingerprint density at radius 3 is 2.71 bits per heavy atom. The van der Waals surface area contributed by atoms with Gasteiger partial charge in [-0.15, -0.1) is 11.6 Å². The van der Waals surface area contributed by atoms with Gasteiger partial charge in [-0.2, -0.15) is 4.31 Å². The number of halogens is 1. The van der Waals surface area contributed by atoms with Gasteiger partial charge >= 0.3 is 0 Å². The second-order valence-corrected chi connectivity index (χ2v) is 8.02. The molecule has 1 aromatic carbocycles. The van der Waals surface area contributed by atoms with Crippen LogP contribution in [0.25, 0.3) is 0 Å². The van der Waals surface area contributed by atoms with Crippen LogP contribution in [0.3, 0.4) is 0 Å². The summed E-state index contributed by atoms with van der Waals surface area (Å²) >= 11 is 5.88. The molecule has 118 valence electrons. The van der Waals surface area contributed by atoms with E-state index in [0.717, 1.165) is 30.5 Å². The van der Waals surface area contributed by atoms with Crippen molar-refractivity contribution in [1.29, 1.82) is 0 Å². The zero-order valence-electron chi connectivity index (χ0n) is 12.8. The molecule has 1 aliphatic heterocycles. The first-order valence-corrected chi connectivity index (χ1v) is 9.16. The zero-order valence-corrected chi connectivity index (χ0v) is 14.4. The van der Waals surface area contributed by atoms with Crippen LogP contribution in [0.2, 0.25) is 0 Å². The normalized spacial score (nSPS) is 20.3. The minimum absolute atomic E-state index is 0.307. The number of nitrogens with zero attached hydrogens (tertiary/aromatic N) is 2. The highest BCUT2D eigenvalue weighted by molar-refractivity contribution is 7.89. The van der Waals surface area contributed by atoms with E-state index in [1.165, 1.54) is 4.31 Å². The van der Waals surface area contributed by atoms with Crippen molar-refractivity contribution in [2.24, 2.45) is 0 Å². The van der Waals surface area contributed by atoms with E-state index >= 15 is 0 Å². The number of benzene rings is 1. The van der Waals surface area contributed by atoms with Gasteiger partial charge in [0, 0.05) is 25.5 Å². The molecule has 0 aliphatic carbocycles. The van der Waals surface area contributed by atoms with Crippen molar-refractivity contribution >= 4 is 21.6 Å². The second kappa shape index (κ2) is 6.65. The predicted molar refractivity (Wildman–Crippen MR) is 86.2 cm³/mol. The lowest BCUT2D eigenvalue weighted by Gasteiger charge is -2.26. The minimum Gasteiger partial charge on any atom is -0.302 e. The van der Waals surface area contributed by atoms with Gasteiger partial charge in [0.1, 0.15) is 0 Å². The summed E-state index contributed by atoms with van der Waals surface area (Å²) in [5.41, 5.74) is 1.61. The summed E-state index contributed by atoms with van der Waals surface area (Å²) in [4.78, 5) is 2.59. The molecule has 0 radical (unpaired) electrons. The van der Waals surface area contributed by atoms with Gasteiger partial charge in [-0.25, -0.2) is 8.42 Å². The Kier molecular flexibility index (Phi) is 5.30. The smallest absolute Gasteiger partial charge is 0.243 e. The van der Waals surface area contributed by atoms with Crippen LogP contribution < -0.4 is 0 Å². The fraction of sp³-hybridized carbons (Fsp3) is 0.600. The lowest BCUT2D eigenvalue weighted by molar-refractivity contribution is 0.271. The Labute approximate surface area is 132 Å². The average molecular weight is 331 g/mol. The maximum absolute atomic E-state index is 12.8. The molecule has 6 heteroatoms. The van der Waals surface area contributed by atoms with E-state index in [4.69, 9.17) is 11.6 Å². The van der Waals surface area contributed by atoms with Crippen LogP contribution >= 0.6 is 11.6 Å². The molecule has 0 amide bonds. The van der Waals surface area contributed by atoms with Gasteiger partial charge in [0.25, 0.3) is 0 Å². The summed E-state index contributed by atoms with van der Waals surface area (Å²) in [6, 6.07) is 5.59. The molecule has 21 heavy (non-hydrogen) atoms. The number of sulfonamides is 1. The first-order chi connectivity index (χ1) is 9.87. The van der Waals surface area contributed by atoms with Crippen LogP contribution in [0.4, 0.5) is 0 Å². The van der Waals surface area contributed by atoms with Crippen molar-refractivity contribution in [1.82, 2.24) is 9.21 Å². The van der Waals surface area contributed by atoms with E-state index in [-0.39, 0.29) is 0 Å². The predicted octanol–water partition coefficient (Wildman–Crippen LogP) is 2.45. The molecule has 1 fully saturated rings. The van der Waals surface area contributed by atoms with Gasteiger partial charge in [-0.05, 0) is 50.6 Å². The largest absolute Gasteiger partial charge is 0.302 e. The molecule has 1 unspecified atom stereocenters. The maximum atomic E-state index is 12.8. The van der Waals surface area contributed by atoms with Gasteiger partial charge in [-0.1, -0.05) is 12.1 Å². The summed E-state index contributed by atoms with van der Waals surface area (Å²) in [6.07, 6.45) is 2.19. The molecule has 0 bridgehead atoms. The number of hydrogen-bond acceptors (Lipinski definition) is 3. The molecule has 1 atom stereocenters. The maximum Gasteiger partial charge on any atom is 0.243 e. The Morgan fingerprint density at radius 1 is 1.43 bits per heavy atom. The minimum atomic E-state index is -3.47. The van der Waals surface area contributed by atoms with Crippen molar-refractivity contribution in [2.45, 2.75) is 36.6 Å². The molecular formula is C15H23ClN2O2S. The quantitative estimate of drug-likeness (QED) is 0.779. The highest BCUT2D eigenvalue weighted by Gasteiger charge is 2.29. The van der Waals surface area contributed by atoms with Gasteiger partial charge < -0.3 is 4.90 Å². The van der Waals surface area contributed by atoms with Crippen LogP contribution in [0.15, 0.2) is 23.1 Å². The Balaban J connectivity index is 2.25. The highest BCUT2D eigenvalue weighted by atomic mass is 35.5. The molecule has 1 aliphatic rings. The Morgan fingerprint density at radius 2 is 2.14 bits per heavy atom. The molecule has 0 spiro atoms. The molecule has 0 saturated carbocycles.